The molecule has 0 radical (unpaired) electrons. The molecule has 0 saturated carbocycles. The minimum absolute atomic E-state index is 0.114. The van der Waals surface area contributed by atoms with Gasteiger partial charge in [-0.25, -0.2) is 9.50 Å². The third-order valence-corrected chi connectivity index (χ3v) is 5.74. The molecule has 2 heterocycles. The summed E-state index contributed by atoms with van der Waals surface area (Å²) in [6, 6.07) is 12.2. The van der Waals surface area contributed by atoms with Gasteiger partial charge >= 0.3 is 0 Å². The Morgan fingerprint density at radius 3 is 2.72 bits per heavy atom. The summed E-state index contributed by atoms with van der Waals surface area (Å²) >= 11 is 0. The van der Waals surface area contributed by atoms with Crippen LogP contribution in [0.2, 0.25) is 0 Å². The van der Waals surface area contributed by atoms with E-state index < -0.39 is 5.41 Å². The molecule has 0 aliphatic heterocycles. The smallest absolute Gasteiger partial charge is 0.175 e. The van der Waals surface area contributed by atoms with Gasteiger partial charge in [0.25, 0.3) is 0 Å². The molecule has 4 rings (SSSR count). The zero-order valence-corrected chi connectivity index (χ0v) is 17.0. The van der Waals surface area contributed by atoms with Crippen molar-refractivity contribution in [3.8, 4) is 17.2 Å². The monoisotopic (exact) mass is 384 g/mol. The van der Waals surface area contributed by atoms with Crippen LogP contribution in [0.25, 0.3) is 16.8 Å². The van der Waals surface area contributed by atoms with Crippen molar-refractivity contribution in [1.82, 2.24) is 14.6 Å². The summed E-state index contributed by atoms with van der Waals surface area (Å²) < 4.78 is 1.90. The van der Waals surface area contributed by atoms with Crippen molar-refractivity contribution in [3.63, 3.8) is 0 Å². The molecule has 0 saturated heterocycles. The van der Waals surface area contributed by atoms with Gasteiger partial charge in [-0.2, -0.15) is 10.4 Å². The fourth-order valence-corrected chi connectivity index (χ4v) is 4.27. The summed E-state index contributed by atoms with van der Waals surface area (Å²) in [5, 5.41) is 14.3. The summed E-state index contributed by atoms with van der Waals surface area (Å²) in [4.78, 5) is 17.2. The fraction of sp³-hybridized carbons (Fsp3) is 0.333. The Labute approximate surface area is 170 Å². The topological polar surface area (TPSA) is 71.0 Å². The van der Waals surface area contributed by atoms with Crippen LogP contribution >= 0.6 is 0 Å². The number of hydrogen-bond acceptors (Lipinski definition) is 4. The first kappa shape index (κ1) is 19.1. The Bertz CT molecular complexity index is 1150. The van der Waals surface area contributed by atoms with Crippen LogP contribution in [-0.4, -0.2) is 20.4 Å². The van der Waals surface area contributed by atoms with E-state index >= 15 is 0 Å². The van der Waals surface area contributed by atoms with Crippen molar-refractivity contribution >= 4 is 11.4 Å². The van der Waals surface area contributed by atoms with Crippen LogP contribution in [0.15, 0.2) is 54.4 Å². The first-order valence-electron chi connectivity index (χ1n) is 10.0. The van der Waals surface area contributed by atoms with Gasteiger partial charge in [0.05, 0.1) is 17.5 Å². The van der Waals surface area contributed by atoms with Gasteiger partial charge in [-0.3, -0.25) is 4.79 Å². The summed E-state index contributed by atoms with van der Waals surface area (Å²) in [7, 11) is 0. The second-order valence-electron chi connectivity index (χ2n) is 8.25. The molecule has 1 aliphatic rings. The van der Waals surface area contributed by atoms with Crippen molar-refractivity contribution in [1.29, 1.82) is 5.26 Å². The van der Waals surface area contributed by atoms with Crippen molar-refractivity contribution in [2.75, 3.05) is 0 Å². The van der Waals surface area contributed by atoms with Gasteiger partial charge in [-0.15, -0.1) is 0 Å². The Morgan fingerprint density at radius 1 is 1.28 bits per heavy atom. The summed E-state index contributed by atoms with van der Waals surface area (Å²) in [6.07, 6.45) is 8.39. The van der Waals surface area contributed by atoms with Gasteiger partial charge in [-0.05, 0) is 30.4 Å². The molecule has 0 bridgehead atoms. The molecule has 0 amide bonds. The number of Topliss-reactive ketones (excluding diaryl/α,β-unsaturated/α-hetero) is 1. The lowest BCUT2D eigenvalue weighted by atomic mass is 9.73. The number of fused-ring (bicyclic) bond motifs is 3. The number of nitrogens with zero attached hydrogens (tertiary/aromatic N) is 4. The third kappa shape index (κ3) is 3.25. The van der Waals surface area contributed by atoms with E-state index in [4.69, 9.17) is 4.98 Å². The largest absolute Gasteiger partial charge is 0.293 e. The number of aromatic nitrogens is 3. The van der Waals surface area contributed by atoms with Crippen molar-refractivity contribution in [3.05, 3.63) is 65.6 Å². The van der Waals surface area contributed by atoms with E-state index in [0.29, 0.717) is 0 Å². The van der Waals surface area contributed by atoms with Gasteiger partial charge in [0.1, 0.15) is 6.07 Å². The molecule has 0 fully saturated rings. The standard InChI is InChI=1S/C24H24N4O/c1-16(2)21(29)19(13-25)12-24(3)11-7-10-18-14-26-23-20(15-27-28(23)22(18)24)17-8-5-4-6-9-17/h4-6,8-9,12,14-16H,7,10-11H2,1-3H3. The van der Waals surface area contributed by atoms with Crippen molar-refractivity contribution in [2.45, 2.75) is 45.4 Å². The predicted molar refractivity (Wildman–Crippen MR) is 112 cm³/mol. The summed E-state index contributed by atoms with van der Waals surface area (Å²) in [5.74, 6) is -0.323. The molecule has 1 atom stereocenters. The highest BCUT2D eigenvalue weighted by molar-refractivity contribution is 6.00. The van der Waals surface area contributed by atoms with E-state index in [9.17, 15) is 10.1 Å². The number of benzene rings is 1. The minimum atomic E-state index is -0.454. The Balaban J connectivity index is 1.92. The van der Waals surface area contributed by atoms with Crippen LogP contribution in [0.4, 0.5) is 0 Å². The summed E-state index contributed by atoms with van der Waals surface area (Å²) in [6.45, 7) is 5.75. The number of rotatable bonds is 4. The molecule has 1 aromatic carbocycles. The number of allylic oxidation sites excluding steroid dienone is 2. The lowest BCUT2D eigenvalue weighted by molar-refractivity contribution is -0.117. The molecular formula is C24H24N4O. The maximum absolute atomic E-state index is 12.5. The van der Waals surface area contributed by atoms with Crippen LogP contribution in [0.3, 0.4) is 0 Å². The van der Waals surface area contributed by atoms with Gasteiger partial charge in [0, 0.05) is 23.1 Å². The number of carbonyl (C=O) groups excluding carboxylic acids is 1. The highest BCUT2D eigenvalue weighted by atomic mass is 16.1. The van der Waals surface area contributed by atoms with Crippen LogP contribution in [0.5, 0.6) is 0 Å². The van der Waals surface area contributed by atoms with E-state index in [0.717, 1.165) is 47.3 Å². The SMILES string of the molecule is CC(C)C(=O)C(C#N)=CC1(C)CCCc2cnc3c(-c4ccccc4)cnn3c21. The number of carbonyl (C=O) groups is 1. The lowest BCUT2D eigenvalue weighted by Crippen LogP contribution is -2.30. The zero-order chi connectivity index (χ0) is 20.6. The molecular weight excluding hydrogens is 360 g/mol. The van der Waals surface area contributed by atoms with Gasteiger partial charge in [0.2, 0.25) is 0 Å². The highest BCUT2D eigenvalue weighted by Crippen LogP contribution is 2.40. The van der Waals surface area contributed by atoms with Crippen LogP contribution in [0, 0.1) is 17.2 Å². The van der Waals surface area contributed by atoms with Crippen LogP contribution < -0.4 is 0 Å². The number of ketones is 1. The highest BCUT2D eigenvalue weighted by Gasteiger charge is 2.35. The first-order valence-corrected chi connectivity index (χ1v) is 10.0. The molecule has 0 spiro atoms. The molecule has 3 aromatic rings. The summed E-state index contributed by atoms with van der Waals surface area (Å²) in [5.41, 5.74) is 4.77. The third-order valence-electron chi connectivity index (χ3n) is 5.74. The average molecular weight is 384 g/mol. The lowest BCUT2D eigenvalue weighted by Gasteiger charge is -2.33. The number of nitriles is 1. The zero-order valence-electron chi connectivity index (χ0n) is 17.0. The Morgan fingerprint density at radius 2 is 2.03 bits per heavy atom. The van der Waals surface area contributed by atoms with Crippen molar-refractivity contribution in [2.24, 2.45) is 5.92 Å². The molecule has 2 aromatic heterocycles. The predicted octanol–water partition coefficient (Wildman–Crippen LogP) is 4.67. The minimum Gasteiger partial charge on any atom is -0.293 e. The molecule has 1 unspecified atom stereocenters. The van der Waals surface area contributed by atoms with Gasteiger partial charge < -0.3 is 0 Å². The quantitative estimate of drug-likeness (QED) is 0.484. The number of hydrogen-bond donors (Lipinski definition) is 0. The molecule has 0 N–H and O–H groups in total. The van der Waals surface area contributed by atoms with E-state index in [1.54, 1.807) is 0 Å². The maximum Gasteiger partial charge on any atom is 0.175 e. The maximum atomic E-state index is 12.5. The second kappa shape index (κ2) is 7.29. The van der Waals surface area contributed by atoms with E-state index in [1.807, 2.05) is 67.2 Å². The second-order valence-corrected chi connectivity index (χ2v) is 8.25. The Hall–Kier alpha value is -3.26. The Kier molecular flexibility index (Phi) is 4.79. The molecule has 1 aliphatic carbocycles. The van der Waals surface area contributed by atoms with Crippen molar-refractivity contribution < 1.29 is 4.79 Å². The van der Waals surface area contributed by atoms with Crippen LogP contribution in [-0.2, 0) is 16.6 Å². The molecule has 146 valence electrons. The number of aryl methyl sites for hydroxylation is 1. The van der Waals surface area contributed by atoms with Gasteiger partial charge in [-0.1, -0.05) is 57.2 Å². The van der Waals surface area contributed by atoms with E-state index in [-0.39, 0.29) is 17.3 Å². The van der Waals surface area contributed by atoms with E-state index in [2.05, 4.69) is 18.1 Å². The molecule has 5 nitrogen and oxygen atoms in total. The fourth-order valence-electron chi connectivity index (χ4n) is 4.27. The average Bonchev–Trinajstić information content (AvgIpc) is 3.16. The first-order chi connectivity index (χ1) is 13.9. The molecule has 29 heavy (non-hydrogen) atoms. The van der Waals surface area contributed by atoms with Crippen LogP contribution in [0.1, 0.15) is 44.9 Å². The molecule has 5 heteroatoms. The van der Waals surface area contributed by atoms with Gasteiger partial charge in [0.15, 0.2) is 11.4 Å². The van der Waals surface area contributed by atoms with E-state index in [1.165, 1.54) is 0 Å². The normalized spacial score (nSPS) is 19.2.